The number of nitrogens with one attached hydrogen (secondary N) is 1. The Bertz CT molecular complexity index is 374. The van der Waals surface area contributed by atoms with Crippen molar-refractivity contribution >= 4 is 5.69 Å². The van der Waals surface area contributed by atoms with Gasteiger partial charge in [-0.05, 0) is 31.0 Å². The van der Waals surface area contributed by atoms with Crippen molar-refractivity contribution in [3.05, 3.63) is 29.8 Å². The first-order chi connectivity index (χ1) is 8.86. The van der Waals surface area contributed by atoms with Gasteiger partial charge in [-0.2, -0.15) is 5.26 Å². The number of hydrogen-bond donors (Lipinski definition) is 1. The minimum Gasteiger partial charge on any atom is -0.385 e. The summed E-state index contributed by atoms with van der Waals surface area (Å²) in [5.41, 5.74) is 1.68. The molecule has 0 atom stereocenters. The minimum absolute atomic E-state index is 0.652. The molecule has 0 heterocycles. The molecule has 1 rings (SSSR count). The molecule has 0 unspecified atom stereocenters. The van der Waals surface area contributed by atoms with E-state index in [4.69, 9.17) is 14.7 Å². The van der Waals surface area contributed by atoms with Crippen LogP contribution in [0.1, 0.15) is 18.4 Å². The Morgan fingerprint density at radius 2 is 2.11 bits per heavy atom. The lowest BCUT2D eigenvalue weighted by molar-refractivity contribution is 0.0691. The number of nitrogens with zero attached hydrogens (tertiary/aromatic N) is 1. The van der Waals surface area contributed by atoms with Gasteiger partial charge in [-0.25, -0.2) is 0 Å². The van der Waals surface area contributed by atoms with Gasteiger partial charge in [-0.15, -0.1) is 0 Å². The average Bonchev–Trinajstić information content (AvgIpc) is 2.42. The summed E-state index contributed by atoms with van der Waals surface area (Å²) >= 11 is 0. The van der Waals surface area contributed by atoms with E-state index >= 15 is 0 Å². The highest BCUT2D eigenvalue weighted by Crippen LogP contribution is 2.09. The highest BCUT2D eigenvalue weighted by atomic mass is 16.5. The summed E-state index contributed by atoms with van der Waals surface area (Å²) in [6.07, 6.45) is 2.07. The third-order valence-electron chi connectivity index (χ3n) is 2.47. The van der Waals surface area contributed by atoms with Gasteiger partial charge in [-0.3, -0.25) is 0 Å². The summed E-state index contributed by atoms with van der Waals surface area (Å²) in [6, 6.07) is 9.63. The van der Waals surface area contributed by atoms with Crippen LogP contribution in [-0.4, -0.2) is 33.5 Å². The van der Waals surface area contributed by atoms with Crippen molar-refractivity contribution in [1.29, 1.82) is 5.26 Å². The lowest BCUT2D eigenvalue weighted by atomic mass is 10.2. The standard InChI is InChI=1S/C14H20N2O2/c1-17-9-10-18-8-3-2-7-16-14-6-4-5-13(11-14)12-15/h4-6,11,16H,2-3,7-10H2,1H3. The third kappa shape index (κ3) is 6.24. The largest absolute Gasteiger partial charge is 0.385 e. The molecule has 4 heteroatoms. The van der Waals surface area contributed by atoms with Crippen molar-refractivity contribution < 1.29 is 9.47 Å². The highest BCUT2D eigenvalue weighted by Gasteiger charge is 1.94. The average molecular weight is 248 g/mol. The van der Waals surface area contributed by atoms with E-state index < -0.39 is 0 Å². The van der Waals surface area contributed by atoms with Crippen LogP contribution >= 0.6 is 0 Å². The highest BCUT2D eigenvalue weighted by molar-refractivity contribution is 5.48. The molecule has 0 amide bonds. The molecule has 1 N–H and O–H groups in total. The lowest BCUT2D eigenvalue weighted by Crippen LogP contribution is -2.06. The SMILES string of the molecule is COCCOCCCCNc1cccc(C#N)c1. The third-order valence-corrected chi connectivity index (χ3v) is 2.47. The normalized spacial score (nSPS) is 10.0. The van der Waals surface area contributed by atoms with Crippen molar-refractivity contribution in [2.75, 3.05) is 38.8 Å². The Kier molecular flexibility index (Phi) is 7.61. The predicted octanol–water partition coefficient (Wildman–Crippen LogP) is 2.41. The zero-order valence-electron chi connectivity index (χ0n) is 10.8. The van der Waals surface area contributed by atoms with Crippen LogP contribution in [0, 0.1) is 11.3 Å². The number of benzene rings is 1. The van der Waals surface area contributed by atoms with Crippen molar-refractivity contribution in [3.8, 4) is 6.07 Å². The molecule has 0 fully saturated rings. The van der Waals surface area contributed by atoms with E-state index in [1.807, 2.05) is 18.2 Å². The second-order valence-electron chi connectivity index (χ2n) is 3.93. The Balaban J connectivity index is 2.05. The maximum Gasteiger partial charge on any atom is 0.0992 e. The topological polar surface area (TPSA) is 54.3 Å². The van der Waals surface area contributed by atoms with Gasteiger partial charge in [0.2, 0.25) is 0 Å². The number of rotatable bonds is 9. The summed E-state index contributed by atoms with van der Waals surface area (Å²) in [7, 11) is 1.67. The maximum absolute atomic E-state index is 8.77. The molecule has 0 radical (unpaired) electrons. The van der Waals surface area contributed by atoms with Gasteiger partial charge in [0.1, 0.15) is 0 Å². The first-order valence-corrected chi connectivity index (χ1v) is 6.17. The quantitative estimate of drug-likeness (QED) is 0.682. The maximum atomic E-state index is 8.77. The van der Waals surface area contributed by atoms with Gasteiger partial charge in [0, 0.05) is 25.9 Å². The van der Waals surface area contributed by atoms with Gasteiger partial charge in [0.05, 0.1) is 24.8 Å². The molecule has 0 saturated carbocycles. The van der Waals surface area contributed by atoms with Crippen LogP contribution in [0.5, 0.6) is 0 Å². The Morgan fingerprint density at radius 1 is 1.22 bits per heavy atom. The molecule has 0 saturated heterocycles. The monoisotopic (exact) mass is 248 g/mol. The summed E-state index contributed by atoms with van der Waals surface area (Å²) in [5, 5.41) is 12.1. The van der Waals surface area contributed by atoms with Gasteiger partial charge in [-0.1, -0.05) is 6.07 Å². The van der Waals surface area contributed by atoms with E-state index in [0.29, 0.717) is 18.8 Å². The van der Waals surface area contributed by atoms with Crippen LogP contribution in [0.25, 0.3) is 0 Å². The Labute approximate surface area is 109 Å². The summed E-state index contributed by atoms with van der Waals surface area (Å²) in [4.78, 5) is 0. The predicted molar refractivity (Wildman–Crippen MR) is 71.6 cm³/mol. The summed E-state index contributed by atoms with van der Waals surface area (Å²) < 4.78 is 10.3. The molecule has 0 aromatic heterocycles. The van der Waals surface area contributed by atoms with E-state index in [0.717, 1.165) is 31.7 Å². The molecule has 4 nitrogen and oxygen atoms in total. The number of ether oxygens (including phenoxy) is 2. The Hall–Kier alpha value is -1.57. The smallest absolute Gasteiger partial charge is 0.0992 e. The molecule has 0 aliphatic carbocycles. The second-order valence-corrected chi connectivity index (χ2v) is 3.93. The first-order valence-electron chi connectivity index (χ1n) is 6.17. The van der Waals surface area contributed by atoms with Crippen LogP contribution in [0.15, 0.2) is 24.3 Å². The van der Waals surface area contributed by atoms with Crippen molar-refractivity contribution in [2.24, 2.45) is 0 Å². The molecule has 0 aliphatic heterocycles. The van der Waals surface area contributed by atoms with Gasteiger partial charge in [0.25, 0.3) is 0 Å². The number of hydrogen-bond acceptors (Lipinski definition) is 4. The van der Waals surface area contributed by atoms with E-state index in [1.165, 1.54) is 0 Å². The zero-order valence-corrected chi connectivity index (χ0v) is 10.8. The van der Waals surface area contributed by atoms with E-state index in [2.05, 4.69) is 11.4 Å². The van der Waals surface area contributed by atoms with E-state index in [9.17, 15) is 0 Å². The number of anilines is 1. The van der Waals surface area contributed by atoms with E-state index in [-0.39, 0.29) is 0 Å². The molecule has 98 valence electrons. The summed E-state index contributed by atoms with van der Waals surface area (Å²) in [5.74, 6) is 0. The van der Waals surface area contributed by atoms with Crippen LogP contribution < -0.4 is 5.32 Å². The molecule has 0 spiro atoms. The molecular weight excluding hydrogens is 228 g/mol. The molecule has 1 aromatic rings. The van der Waals surface area contributed by atoms with E-state index in [1.54, 1.807) is 13.2 Å². The van der Waals surface area contributed by atoms with Crippen LogP contribution in [0.3, 0.4) is 0 Å². The fourth-order valence-corrected chi connectivity index (χ4v) is 1.50. The fraction of sp³-hybridized carbons (Fsp3) is 0.500. The number of unbranched alkanes of at least 4 members (excludes halogenated alkanes) is 1. The fourth-order valence-electron chi connectivity index (χ4n) is 1.50. The number of nitriles is 1. The van der Waals surface area contributed by atoms with Crippen LogP contribution in [-0.2, 0) is 9.47 Å². The van der Waals surface area contributed by atoms with Crippen molar-refractivity contribution in [3.63, 3.8) is 0 Å². The van der Waals surface area contributed by atoms with Gasteiger partial charge in [0.15, 0.2) is 0 Å². The molecule has 0 bridgehead atoms. The van der Waals surface area contributed by atoms with Gasteiger partial charge < -0.3 is 14.8 Å². The minimum atomic E-state index is 0.652. The molecular formula is C14H20N2O2. The summed E-state index contributed by atoms with van der Waals surface area (Å²) in [6.45, 7) is 2.97. The Morgan fingerprint density at radius 3 is 2.89 bits per heavy atom. The van der Waals surface area contributed by atoms with Gasteiger partial charge >= 0.3 is 0 Å². The van der Waals surface area contributed by atoms with Crippen LogP contribution in [0.4, 0.5) is 5.69 Å². The van der Waals surface area contributed by atoms with Crippen molar-refractivity contribution in [1.82, 2.24) is 0 Å². The lowest BCUT2D eigenvalue weighted by Gasteiger charge is -2.07. The van der Waals surface area contributed by atoms with Crippen LogP contribution in [0.2, 0.25) is 0 Å². The zero-order chi connectivity index (χ0) is 13.1. The number of methoxy groups -OCH3 is 1. The second kappa shape index (κ2) is 9.46. The molecule has 1 aromatic carbocycles. The molecule has 18 heavy (non-hydrogen) atoms. The first kappa shape index (κ1) is 14.5. The molecule has 0 aliphatic rings. The van der Waals surface area contributed by atoms with Crippen molar-refractivity contribution in [2.45, 2.75) is 12.8 Å².